The van der Waals surface area contributed by atoms with Gasteiger partial charge in [-0.05, 0) is 54.8 Å². The fourth-order valence-electron chi connectivity index (χ4n) is 4.27. The Labute approximate surface area is 191 Å². The molecule has 160 valence electrons. The third kappa shape index (κ3) is 3.55. The van der Waals surface area contributed by atoms with Crippen LogP contribution in [-0.2, 0) is 11.2 Å². The predicted octanol–water partition coefficient (Wildman–Crippen LogP) is 6.18. The average molecular weight is 443 g/mol. The molecule has 0 spiro atoms. The van der Waals surface area contributed by atoms with Gasteiger partial charge in [-0.15, -0.1) is 0 Å². The van der Waals surface area contributed by atoms with Gasteiger partial charge in [-0.3, -0.25) is 9.36 Å². The third-order valence-corrected chi connectivity index (χ3v) is 6.10. The number of nitrogens with one attached hydrogen (secondary N) is 2. The zero-order valence-corrected chi connectivity index (χ0v) is 18.6. The van der Waals surface area contributed by atoms with Gasteiger partial charge in [0.1, 0.15) is 0 Å². The van der Waals surface area contributed by atoms with Gasteiger partial charge in [0.05, 0.1) is 22.6 Å². The largest absolute Gasteiger partial charge is 0.329 e. The Kier molecular flexibility index (Phi) is 5.19. The van der Waals surface area contributed by atoms with E-state index in [1.165, 1.54) is 5.56 Å². The number of anilines is 2. The number of amides is 1. The number of allylic oxidation sites excluding steroid dienone is 1. The van der Waals surface area contributed by atoms with Crippen molar-refractivity contribution in [2.24, 2.45) is 0 Å². The molecule has 0 unspecified atom stereocenters. The van der Waals surface area contributed by atoms with Crippen LogP contribution in [0, 0.1) is 0 Å². The van der Waals surface area contributed by atoms with Gasteiger partial charge in [0.25, 0.3) is 5.91 Å². The summed E-state index contributed by atoms with van der Waals surface area (Å²) < 4.78 is 2.11. The smallest absolute Gasteiger partial charge is 0.255 e. The Morgan fingerprint density at radius 3 is 2.62 bits per heavy atom. The molecule has 1 aromatic heterocycles. The van der Waals surface area contributed by atoms with E-state index in [0.717, 1.165) is 34.7 Å². The summed E-state index contributed by atoms with van der Waals surface area (Å²) >= 11 is 6.13. The third-order valence-electron chi connectivity index (χ3n) is 5.86. The lowest BCUT2D eigenvalue weighted by molar-refractivity contribution is -0.113. The molecular formula is C26H23ClN4O. The van der Waals surface area contributed by atoms with Crippen LogP contribution in [0.4, 0.5) is 11.6 Å². The predicted molar refractivity (Wildman–Crippen MR) is 130 cm³/mol. The van der Waals surface area contributed by atoms with Crippen molar-refractivity contribution in [2.75, 3.05) is 10.6 Å². The number of nitrogens with zero attached hydrogens (tertiary/aromatic N) is 2. The molecule has 3 aromatic carbocycles. The van der Waals surface area contributed by atoms with Gasteiger partial charge in [0, 0.05) is 16.4 Å². The Balaban J connectivity index is 1.65. The quantitative estimate of drug-likeness (QED) is 0.396. The van der Waals surface area contributed by atoms with E-state index < -0.39 is 0 Å². The zero-order valence-electron chi connectivity index (χ0n) is 17.9. The highest BCUT2D eigenvalue weighted by Crippen LogP contribution is 2.39. The Morgan fingerprint density at radius 2 is 1.88 bits per heavy atom. The molecule has 32 heavy (non-hydrogen) atoms. The monoisotopic (exact) mass is 442 g/mol. The molecule has 5 rings (SSSR count). The number of hydrogen-bond acceptors (Lipinski definition) is 3. The van der Waals surface area contributed by atoms with Crippen molar-refractivity contribution in [3.8, 4) is 0 Å². The minimum absolute atomic E-state index is 0.176. The normalized spacial score (nSPS) is 15.4. The summed E-state index contributed by atoms with van der Waals surface area (Å²) in [7, 11) is 0. The number of para-hydroxylation sites is 2. The van der Waals surface area contributed by atoms with Gasteiger partial charge in [0.2, 0.25) is 5.95 Å². The SMILES string of the molecule is CCc1ccc([C@H]2C(C(=O)Nc3cccc(Cl)c3)=C(C)Nc3nc4ccccc4n32)cc1. The highest BCUT2D eigenvalue weighted by molar-refractivity contribution is 6.31. The number of imidazole rings is 1. The number of hydrogen-bond donors (Lipinski definition) is 2. The first-order valence-corrected chi connectivity index (χ1v) is 11.0. The first kappa shape index (κ1) is 20.3. The zero-order chi connectivity index (χ0) is 22.2. The van der Waals surface area contributed by atoms with Crippen LogP contribution in [0.5, 0.6) is 0 Å². The van der Waals surface area contributed by atoms with E-state index in [2.05, 4.69) is 46.4 Å². The summed E-state index contributed by atoms with van der Waals surface area (Å²) in [6.07, 6.45) is 0.961. The minimum Gasteiger partial charge on any atom is -0.329 e. The van der Waals surface area contributed by atoms with E-state index in [0.29, 0.717) is 16.3 Å². The molecule has 0 bridgehead atoms. The second-order valence-corrected chi connectivity index (χ2v) is 8.36. The van der Waals surface area contributed by atoms with E-state index in [1.54, 1.807) is 12.1 Å². The van der Waals surface area contributed by atoms with Gasteiger partial charge in [0.15, 0.2) is 0 Å². The summed E-state index contributed by atoms with van der Waals surface area (Å²) in [4.78, 5) is 18.3. The van der Waals surface area contributed by atoms with E-state index >= 15 is 0 Å². The highest BCUT2D eigenvalue weighted by Gasteiger charge is 2.34. The summed E-state index contributed by atoms with van der Waals surface area (Å²) in [6.45, 7) is 4.05. The van der Waals surface area contributed by atoms with Crippen molar-refractivity contribution >= 4 is 40.2 Å². The summed E-state index contributed by atoms with van der Waals surface area (Å²) in [5.41, 5.74) is 6.22. The Morgan fingerprint density at radius 1 is 1.09 bits per heavy atom. The molecule has 1 atom stereocenters. The lowest BCUT2D eigenvalue weighted by Gasteiger charge is -2.31. The molecule has 1 aliphatic rings. The number of carbonyl (C=O) groups excluding carboxylic acids is 1. The first-order valence-electron chi connectivity index (χ1n) is 10.7. The topological polar surface area (TPSA) is 59.0 Å². The number of halogens is 1. The molecule has 2 N–H and O–H groups in total. The van der Waals surface area contributed by atoms with Gasteiger partial charge in [-0.25, -0.2) is 4.98 Å². The molecule has 0 radical (unpaired) electrons. The van der Waals surface area contributed by atoms with E-state index in [9.17, 15) is 4.79 Å². The van der Waals surface area contributed by atoms with Gasteiger partial charge in [-0.1, -0.05) is 61.0 Å². The summed E-state index contributed by atoms with van der Waals surface area (Å²) in [6, 6.07) is 23.3. The number of aromatic nitrogens is 2. The molecule has 2 heterocycles. The van der Waals surface area contributed by atoms with Crippen LogP contribution in [0.3, 0.4) is 0 Å². The molecule has 0 fully saturated rings. The number of aryl methyl sites for hydroxylation is 1. The average Bonchev–Trinajstić information content (AvgIpc) is 3.16. The van der Waals surface area contributed by atoms with Crippen molar-refractivity contribution in [2.45, 2.75) is 26.3 Å². The highest BCUT2D eigenvalue weighted by atomic mass is 35.5. The summed E-state index contributed by atoms with van der Waals surface area (Å²) in [5.74, 6) is 0.554. The first-order chi connectivity index (χ1) is 15.5. The van der Waals surface area contributed by atoms with Gasteiger partial charge in [-0.2, -0.15) is 0 Å². The molecular weight excluding hydrogens is 420 g/mol. The van der Waals surface area contributed by atoms with E-state index in [1.807, 2.05) is 43.3 Å². The molecule has 1 aliphatic heterocycles. The number of carbonyl (C=O) groups is 1. The number of rotatable bonds is 4. The fraction of sp³-hybridized carbons (Fsp3) is 0.154. The van der Waals surface area contributed by atoms with Crippen LogP contribution in [0.15, 0.2) is 84.1 Å². The molecule has 6 heteroatoms. The van der Waals surface area contributed by atoms with E-state index in [4.69, 9.17) is 16.6 Å². The van der Waals surface area contributed by atoms with Crippen LogP contribution in [-0.4, -0.2) is 15.5 Å². The fourth-order valence-corrected chi connectivity index (χ4v) is 4.46. The molecule has 0 saturated carbocycles. The molecule has 0 saturated heterocycles. The number of fused-ring (bicyclic) bond motifs is 3. The van der Waals surface area contributed by atoms with Crippen molar-refractivity contribution in [3.05, 3.63) is 100 Å². The van der Waals surface area contributed by atoms with Crippen molar-refractivity contribution in [1.82, 2.24) is 9.55 Å². The van der Waals surface area contributed by atoms with Crippen LogP contribution in [0.25, 0.3) is 11.0 Å². The maximum atomic E-state index is 13.6. The van der Waals surface area contributed by atoms with Crippen LogP contribution >= 0.6 is 11.6 Å². The maximum absolute atomic E-state index is 13.6. The van der Waals surface area contributed by atoms with Crippen LogP contribution in [0.2, 0.25) is 5.02 Å². The van der Waals surface area contributed by atoms with Crippen molar-refractivity contribution in [1.29, 1.82) is 0 Å². The van der Waals surface area contributed by atoms with Gasteiger partial charge >= 0.3 is 0 Å². The second kappa shape index (κ2) is 8.17. The molecule has 4 aromatic rings. The van der Waals surface area contributed by atoms with Crippen molar-refractivity contribution < 1.29 is 4.79 Å². The Bertz CT molecular complexity index is 1350. The lowest BCUT2D eigenvalue weighted by atomic mass is 9.93. The second-order valence-electron chi connectivity index (χ2n) is 7.92. The Hall–Kier alpha value is -3.57. The molecule has 5 nitrogen and oxygen atoms in total. The maximum Gasteiger partial charge on any atom is 0.255 e. The van der Waals surface area contributed by atoms with Crippen LogP contribution in [0.1, 0.15) is 31.0 Å². The summed E-state index contributed by atoms with van der Waals surface area (Å²) in [5, 5.41) is 6.94. The van der Waals surface area contributed by atoms with Gasteiger partial charge < -0.3 is 10.6 Å². The van der Waals surface area contributed by atoms with E-state index in [-0.39, 0.29) is 11.9 Å². The minimum atomic E-state index is -0.316. The molecule has 1 amide bonds. The number of benzene rings is 3. The van der Waals surface area contributed by atoms with Crippen molar-refractivity contribution in [3.63, 3.8) is 0 Å². The standard InChI is InChI=1S/C26H23ClN4O/c1-3-17-11-13-18(14-12-17)24-23(25(32)29-20-8-6-7-19(27)15-20)16(2)28-26-30-21-9-4-5-10-22(21)31(24)26/h4-15,24H,3H2,1-2H3,(H,28,30)(H,29,32)/t24-/m0/s1. The van der Waals surface area contributed by atoms with Crippen LogP contribution < -0.4 is 10.6 Å². The lowest BCUT2D eigenvalue weighted by Crippen LogP contribution is -2.30. The molecule has 0 aliphatic carbocycles.